The Balaban J connectivity index is 0.0000238. The van der Waals surface area contributed by atoms with Gasteiger partial charge in [-0.25, -0.2) is 0 Å². The van der Waals surface area contributed by atoms with E-state index in [9.17, 15) is 0 Å². The normalized spacial score (nSPS) is 12.0. The summed E-state index contributed by atoms with van der Waals surface area (Å²) in [4.78, 5) is 10.7. The van der Waals surface area contributed by atoms with E-state index in [1.54, 1.807) is 0 Å². The number of nitrogens with zero attached hydrogens (tertiary/aromatic N) is 2. The fraction of sp³-hybridized carbons (Fsp3) is 0.788. The number of unbranched alkanes of at least 4 members (excludes halogenated alkanes) is 40. The molecule has 2 rings (SSSR count). The summed E-state index contributed by atoms with van der Waals surface area (Å²) in [6, 6.07) is 18.4. The molecule has 0 aliphatic rings. The molecule has 0 aliphatic heterocycles. The van der Waals surface area contributed by atoms with Gasteiger partial charge in [0.2, 0.25) is 0 Å². The van der Waals surface area contributed by atoms with Gasteiger partial charge in [0.1, 0.15) is 0 Å². The van der Waals surface area contributed by atoms with Crippen molar-refractivity contribution in [1.82, 2.24) is 0 Å². The molecule has 0 aromatic heterocycles. The predicted molar refractivity (Wildman–Crippen MR) is 310 cm³/mol. The number of aliphatic imine (C=N–C) groups is 2. The van der Waals surface area contributed by atoms with E-state index in [2.05, 4.69) is 76.2 Å². The van der Waals surface area contributed by atoms with Crippen molar-refractivity contribution in [2.45, 2.75) is 336 Å². The summed E-state index contributed by atoms with van der Waals surface area (Å²) in [5.41, 5.74) is 7.50. The molecule has 2 aromatic rings. The molecule has 2 nitrogen and oxygen atoms in total. The predicted octanol–water partition coefficient (Wildman–Crippen LogP) is 23.6. The maximum atomic E-state index is 5.35. The van der Waals surface area contributed by atoms with E-state index in [1.807, 2.05) is 0 Å². The van der Waals surface area contributed by atoms with E-state index < -0.39 is 0 Å². The second-order valence-corrected chi connectivity index (χ2v) is 21.6. The number of rotatable bonds is 51. The summed E-state index contributed by atoms with van der Waals surface area (Å²) in [6.07, 6.45) is 66.2. The van der Waals surface area contributed by atoms with Gasteiger partial charge in [0, 0.05) is 16.5 Å². The van der Waals surface area contributed by atoms with Crippen molar-refractivity contribution in [3.8, 4) is 0 Å². The van der Waals surface area contributed by atoms with Crippen LogP contribution in [0.4, 0.5) is 11.4 Å². The molecule has 0 unspecified atom stereocenters. The van der Waals surface area contributed by atoms with Crippen LogP contribution in [-0.4, -0.2) is 11.4 Å². The minimum Gasteiger partial charge on any atom is -0.252 e. The molecule has 0 saturated carbocycles. The Hall–Kier alpha value is -1.73. The summed E-state index contributed by atoms with van der Waals surface area (Å²) in [5, 5.41) is 0. The second-order valence-electron chi connectivity index (χ2n) is 21.6. The molecule has 0 heterocycles. The Labute approximate surface area is 442 Å². The first kappa shape index (κ1) is 65.3. The summed E-state index contributed by atoms with van der Waals surface area (Å²) in [5.74, 6) is 0. The zero-order chi connectivity index (χ0) is 48.5. The van der Waals surface area contributed by atoms with Gasteiger partial charge in [0.25, 0.3) is 0 Å². The molecule has 0 spiro atoms. The molecule has 0 saturated heterocycles. The Morgan fingerprint density at radius 1 is 0.246 bits per heavy atom. The Kier molecular flexibility index (Phi) is 48.4. The summed E-state index contributed by atoms with van der Waals surface area (Å²) >= 11 is 0. The molecule has 0 atom stereocenters. The van der Waals surface area contributed by atoms with E-state index in [0.29, 0.717) is 0 Å². The molecule has 0 radical (unpaired) electrons. The minimum absolute atomic E-state index is 0. The molecule has 0 bridgehead atoms. The van der Waals surface area contributed by atoms with E-state index in [1.165, 1.54) is 311 Å². The molecule has 0 aliphatic carbocycles. The Morgan fingerprint density at radius 3 is 0.696 bits per heavy atom. The molecule has 2 aromatic carbocycles. The zero-order valence-electron chi connectivity index (χ0n) is 46.8. The van der Waals surface area contributed by atoms with Crippen LogP contribution in [0, 0.1) is 0 Å². The van der Waals surface area contributed by atoms with E-state index in [4.69, 9.17) is 9.98 Å². The maximum Gasteiger partial charge on any atom is 0.0633 e. The van der Waals surface area contributed by atoms with Crippen molar-refractivity contribution in [2.75, 3.05) is 0 Å². The first-order valence-electron chi connectivity index (χ1n) is 31.0. The van der Waals surface area contributed by atoms with Crippen LogP contribution in [0.1, 0.15) is 334 Å². The van der Waals surface area contributed by atoms with Crippen LogP contribution in [0.3, 0.4) is 0 Å². The minimum atomic E-state index is 0. The van der Waals surface area contributed by atoms with Crippen LogP contribution in [0.15, 0.2) is 58.5 Å². The van der Waals surface area contributed by atoms with Gasteiger partial charge < -0.3 is 0 Å². The van der Waals surface area contributed by atoms with Crippen LogP contribution in [0.2, 0.25) is 0 Å². The van der Waals surface area contributed by atoms with Crippen LogP contribution >= 0.6 is 0 Å². The topological polar surface area (TPSA) is 24.7 Å². The molecule has 69 heavy (non-hydrogen) atoms. The fourth-order valence-corrected chi connectivity index (χ4v) is 10.2. The first-order valence-corrected chi connectivity index (χ1v) is 31.0. The third kappa shape index (κ3) is 40.4. The second kappa shape index (κ2) is 51.2. The monoisotopic (exact) mass is 995 g/mol. The van der Waals surface area contributed by atoms with Crippen LogP contribution in [-0.2, 0) is 29.3 Å². The largest absolute Gasteiger partial charge is 0.252 e. The van der Waals surface area contributed by atoms with Crippen molar-refractivity contribution < 1.29 is 16.5 Å². The van der Waals surface area contributed by atoms with Gasteiger partial charge in [-0.1, -0.05) is 309 Å². The molecular weight excluding hydrogens is 879 g/mol. The SMILES string of the molecule is CCCCCCCCCCCCCCCCCCCCCc1ccc(/N=C(CCCC)/C(CCCCCC)=N/c2ccc(CCCCCCCCCCCCCCCCCCCCC)cc2)cc1.[Ni]. The van der Waals surface area contributed by atoms with Crippen LogP contribution < -0.4 is 0 Å². The number of hydrogen-bond donors (Lipinski definition) is 0. The fourth-order valence-electron chi connectivity index (χ4n) is 10.2. The molecule has 400 valence electrons. The van der Waals surface area contributed by atoms with Crippen molar-refractivity contribution in [1.29, 1.82) is 0 Å². The van der Waals surface area contributed by atoms with Gasteiger partial charge in [0.05, 0.1) is 22.8 Å². The standard InChI is InChI=1S/C66H116N2.Ni/c1-5-9-13-16-18-20-22-24-26-28-30-32-34-36-38-40-42-44-46-49-61-53-57-63(58-54-61)67-65(51-12-8-4)66(52-48-15-11-7-3)68-64-59-55-62(56-60-64)50-47-45-43-41-39-37-35-33-31-29-27-25-23-21-19-17-14-10-6-2;/h53-60H,5-52H2,1-4H3;/b67-65+,68-66+;. The average molecular weight is 996 g/mol. The van der Waals surface area contributed by atoms with Crippen molar-refractivity contribution >= 4 is 22.8 Å². The summed E-state index contributed by atoms with van der Waals surface area (Å²) in [7, 11) is 0. The van der Waals surface area contributed by atoms with Gasteiger partial charge in [-0.05, 0) is 86.8 Å². The van der Waals surface area contributed by atoms with Gasteiger partial charge in [-0.2, -0.15) is 0 Å². The molecular formula is C66H116N2Ni. The van der Waals surface area contributed by atoms with Crippen molar-refractivity contribution in [3.63, 3.8) is 0 Å². The Morgan fingerprint density at radius 2 is 0.449 bits per heavy atom. The van der Waals surface area contributed by atoms with Crippen LogP contribution in [0.5, 0.6) is 0 Å². The quantitative estimate of drug-likeness (QED) is 0.0358. The molecule has 0 fully saturated rings. The Bertz CT molecular complexity index is 1390. The number of aryl methyl sites for hydroxylation is 2. The summed E-state index contributed by atoms with van der Waals surface area (Å²) in [6.45, 7) is 9.22. The molecule has 3 heteroatoms. The molecule has 0 amide bonds. The number of hydrogen-bond acceptors (Lipinski definition) is 2. The maximum absolute atomic E-state index is 5.35. The van der Waals surface area contributed by atoms with Crippen LogP contribution in [0.25, 0.3) is 0 Å². The van der Waals surface area contributed by atoms with Crippen molar-refractivity contribution in [3.05, 3.63) is 59.7 Å². The number of benzene rings is 2. The zero-order valence-corrected chi connectivity index (χ0v) is 47.8. The van der Waals surface area contributed by atoms with Gasteiger partial charge in [-0.3, -0.25) is 9.98 Å². The van der Waals surface area contributed by atoms with Gasteiger partial charge >= 0.3 is 0 Å². The smallest absolute Gasteiger partial charge is 0.0633 e. The van der Waals surface area contributed by atoms with E-state index in [0.717, 1.165) is 30.6 Å². The summed E-state index contributed by atoms with van der Waals surface area (Å²) < 4.78 is 0. The van der Waals surface area contributed by atoms with Gasteiger partial charge in [-0.15, -0.1) is 0 Å². The van der Waals surface area contributed by atoms with E-state index in [-0.39, 0.29) is 16.5 Å². The first-order chi connectivity index (χ1) is 33.7. The van der Waals surface area contributed by atoms with Crippen molar-refractivity contribution in [2.24, 2.45) is 9.98 Å². The third-order valence-corrected chi connectivity index (χ3v) is 14.9. The van der Waals surface area contributed by atoms with Gasteiger partial charge in [0.15, 0.2) is 0 Å². The molecule has 0 N–H and O–H groups in total. The van der Waals surface area contributed by atoms with E-state index >= 15 is 0 Å². The average Bonchev–Trinajstić information content (AvgIpc) is 3.36. The third-order valence-electron chi connectivity index (χ3n) is 14.9.